The van der Waals surface area contributed by atoms with Crippen LogP contribution < -0.4 is 0 Å². The third kappa shape index (κ3) is 1.38. The van der Waals surface area contributed by atoms with Crippen LogP contribution in [0.15, 0.2) is 48.1 Å². The van der Waals surface area contributed by atoms with E-state index in [0.29, 0.717) is 0 Å². The molecule has 0 spiro atoms. The zero-order valence-corrected chi connectivity index (χ0v) is 10.2. The third-order valence-electron chi connectivity index (χ3n) is 4.33. The number of benzene rings is 1. The molecule has 2 fully saturated rings. The quantitative estimate of drug-likeness (QED) is 0.437. The van der Waals surface area contributed by atoms with E-state index in [1.807, 2.05) is 42.5 Å². The van der Waals surface area contributed by atoms with Gasteiger partial charge < -0.3 is 4.74 Å². The molecule has 0 aromatic heterocycles. The van der Waals surface area contributed by atoms with Gasteiger partial charge in [-0.1, -0.05) is 54.1 Å². The normalized spacial score (nSPS) is 36.9. The van der Waals surface area contributed by atoms with E-state index in [4.69, 9.17) is 4.74 Å². The van der Waals surface area contributed by atoms with Gasteiger partial charge in [0.25, 0.3) is 0 Å². The van der Waals surface area contributed by atoms with Crippen LogP contribution in [0.1, 0.15) is 5.56 Å². The standard InChI is InChI=1S/C16H12O3/c17-15-13-10-6-7-11(14(13)16(18)19-15)12(10)8-9-4-2-1-3-5-9/h1-8,10-11,13-14H/t10-,11+,13+,14-. The maximum atomic E-state index is 11.7. The monoisotopic (exact) mass is 252 g/mol. The van der Waals surface area contributed by atoms with Crippen LogP contribution in [-0.2, 0) is 14.3 Å². The third-order valence-corrected chi connectivity index (χ3v) is 4.33. The Balaban J connectivity index is 1.77. The van der Waals surface area contributed by atoms with Crippen molar-refractivity contribution < 1.29 is 14.3 Å². The Bertz CT molecular complexity index is 595. The van der Waals surface area contributed by atoms with Crippen molar-refractivity contribution in [3.8, 4) is 0 Å². The minimum Gasteiger partial charge on any atom is -0.393 e. The lowest BCUT2D eigenvalue weighted by Crippen LogP contribution is -2.21. The maximum Gasteiger partial charge on any atom is 0.318 e. The van der Waals surface area contributed by atoms with Crippen molar-refractivity contribution >= 4 is 18.0 Å². The van der Waals surface area contributed by atoms with E-state index in [-0.39, 0.29) is 35.6 Å². The molecule has 0 radical (unpaired) electrons. The lowest BCUT2D eigenvalue weighted by molar-refractivity contribution is -0.154. The SMILES string of the molecule is O=C1OC(=O)[C@H]2[C@@H]1[C@@H]1C=C[C@H]2C1=Cc1ccccc1. The zero-order chi connectivity index (χ0) is 13.0. The smallest absolute Gasteiger partial charge is 0.318 e. The molecule has 4 rings (SSSR count). The van der Waals surface area contributed by atoms with E-state index < -0.39 is 0 Å². The molecule has 0 N–H and O–H groups in total. The van der Waals surface area contributed by atoms with Crippen molar-refractivity contribution in [1.29, 1.82) is 0 Å². The molecule has 1 saturated carbocycles. The predicted octanol–water partition coefficient (Wildman–Crippen LogP) is 2.20. The number of fused-ring (bicyclic) bond motifs is 5. The van der Waals surface area contributed by atoms with Crippen LogP contribution in [0.25, 0.3) is 6.08 Å². The average molecular weight is 252 g/mol. The number of esters is 2. The van der Waals surface area contributed by atoms with Gasteiger partial charge in [-0.2, -0.15) is 0 Å². The van der Waals surface area contributed by atoms with Crippen LogP contribution in [0.4, 0.5) is 0 Å². The largest absolute Gasteiger partial charge is 0.393 e. The molecule has 4 atom stereocenters. The second-order valence-electron chi connectivity index (χ2n) is 5.28. The van der Waals surface area contributed by atoms with Crippen LogP contribution in [0.3, 0.4) is 0 Å². The lowest BCUT2D eigenvalue weighted by atomic mass is 9.85. The molecule has 2 aliphatic carbocycles. The van der Waals surface area contributed by atoms with Crippen LogP contribution in [-0.4, -0.2) is 11.9 Å². The van der Waals surface area contributed by atoms with Crippen molar-refractivity contribution in [2.45, 2.75) is 0 Å². The summed E-state index contributed by atoms with van der Waals surface area (Å²) in [7, 11) is 0. The fourth-order valence-electron chi connectivity index (χ4n) is 3.54. The first kappa shape index (κ1) is 10.7. The molecule has 94 valence electrons. The molecule has 1 aromatic rings. The van der Waals surface area contributed by atoms with Crippen molar-refractivity contribution in [2.24, 2.45) is 23.7 Å². The predicted molar refractivity (Wildman–Crippen MR) is 68.6 cm³/mol. The van der Waals surface area contributed by atoms with Gasteiger partial charge in [0.1, 0.15) is 0 Å². The second kappa shape index (κ2) is 3.67. The molecule has 1 saturated heterocycles. The molecule has 3 heteroatoms. The average Bonchev–Trinajstić information content (AvgIpc) is 3.03. The van der Waals surface area contributed by atoms with Crippen LogP contribution in [0.5, 0.6) is 0 Å². The molecule has 1 aliphatic heterocycles. The Morgan fingerprint density at radius 2 is 1.47 bits per heavy atom. The van der Waals surface area contributed by atoms with Crippen LogP contribution >= 0.6 is 0 Å². The Kier molecular flexibility index (Phi) is 2.07. The summed E-state index contributed by atoms with van der Waals surface area (Å²) < 4.78 is 4.76. The number of hydrogen-bond acceptors (Lipinski definition) is 3. The number of carbonyl (C=O) groups is 2. The molecule has 3 aliphatic rings. The van der Waals surface area contributed by atoms with Crippen molar-refractivity contribution in [3.05, 3.63) is 53.6 Å². The Hall–Kier alpha value is -2.16. The summed E-state index contributed by atoms with van der Waals surface area (Å²) in [5, 5.41) is 0. The van der Waals surface area contributed by atoms with Gasteiger partial charge in [-0.05, 0) is 5.56 Å². The van der Waals surface area contributed by atoms with Gasteiger partial charge in [-0.3, -0.25) is 9.59 Å². The molecular formula is C16H12O3. The summed E-state index contributed by atoms with van der Waals surface area (Å²) in [6.07, 6.45) is 6.19. The number of cyclic esters (lactones) is 2. The molecule has 0 unspecified atom stereocenters. The second-order valence-corrected chi connectivity index (χ2v) is 5.28. The van der Waals surface area contributed by atoms with E-state index in [2.05, 4.69) is 6.08 Å². The highest BCUT2D eigenvalue weighted by Gasteiger charge is 2.60. The van der Waals surface area contributed by atoms with Gasteiger partial charge in [-0.25, -0.2) is 0 Å². The molecular weight excluding hydrogens is 240 g/mol. The Labute approximate surface area is 110 Å². The van der Waals surface area contributed by atoms with Gasteiger partial charge in [0.2, 0.25) is 0 Å². The summed E-state index contributed by atoms with van der Waals surface area (Å²) in [6, 6.07) is 9.99. The summed E-state index contributed by atoms with van der Waals surface area (Å²) >= 11 is 0. The Morgan fingerprint density at radius 1 is 0.895 bits per heavy atom. The first-order valence-corrected chi connectivity index (χ1v) is 6.46. The van der Waals surface area contributed by atoms with E-state index >= 15 is 0 Å². The van der Waals surface area contributed by atoms with Crippen molar-refractivity contribution in [2.75, 3.05) is 0 Å². The summed E-state index contributed by atoms with van der Waals surface area (Å²) in [5.41, 5.74) is 2.28. The molecule has 2 bridgehead atoms. The lowest BCUT2D eigenvalue weighted by Gasteiger charge is -2.11. The van der Waals surface area contributed by atoms with Gasteiger partial charge in [0.15, 0.2) is 0 Å². The minimum atomic E-state index is -0.356. The Morgan fingerprint density at radius 3 is 2.05 bits per heavy atom. The van der Waals surface area contributed by atoms with E-state index in [9.17, 15) is 9.59 Å². The zero-order valence-electron chi connectivity index (χ0n) is 10.2. The highest BCUT2D eigenvalue weighted by atomic mass is 16.6. The molecule has 19 heavy (non-hydrogen) atoms. The van der Waals surface area contributed by atoms with E-state index in [1.165, 1.54) is 5.57 Å². The van der Waals surface area contributed by atoms with E-state index in [0.717, 1.165) is 5.56 Å². The number of allylic oxidation sites excluding steroid dienone is 3. The number of ether oxygens (including phenoxy) is 1. The molecule has 1 heterocycles. The highest BCUT2D eigenvalue weighted by molar-refractivity contribution is 5.99. The van der Waals surface area contributed by atoms with Crippen molar-refractivity contribution in [3.63, 3.8) is 0 Å². The van der Waals surface area contributed by atoms with E-state index in [1.54, 1.807) is 0 Å². The number of rotatable bonds is 1. The van der Waals surface area contributed by atoms with Gasteiger partial charge in [0, 0.05) is 11.8 Å². The molecule has 0 amide bonds. The molecule has 1 aromatic carbocycles. The maximum absolute atomic E-state index is 11.7. The first-order chi connectivity index (χ1) is 9.25. The first-order valence-electron chi connectivity index (χ1n) is 6.46. The fraction of sp³-hybridized carbons (Fsp3) is 0.250. The van der Waals surface area contributed by atoms with Crippen molar-refractivity contribution in [1.82, 2.24) is 0 Å². The fourth-order valence-corrected chi connectivity index (χ4v) is 3.54. The topological polar surface area (TPSA) is 43.4 Å². The van der Waals surface area contributed by atoms with Gasteiger partial charge in [0.05, 0.1) is 11.8 Å². The summed E-state index contributed by atoms with van der Waals surface area (Å²) in [4.78, 5) is 23.5. The number of hydrogen-bond donors (Lipinski definition) is 0. The molecule has 3 nitrogen and oxygen atoms in total. The summed E-state index contributed by atoms with van der Waals surface area (Å²) in [6.45, 7) is 0. The highest BCUT2D eigenvalue weighted by Crippen LogP contribution is 2.55. The van der Waals surface area contributed by atoms with Gasteiger partial charge in [-0.15, -0.1) is 0 Å². The number of carbonyl (C=O) groups excluding carboxylic acids is 2. The van der Waals surface area contributed by atoms with Crippen LogP contribution in [0, 0.1) is 23.7 Å². The summed E-state index contributed by atoms with van der Waals surface area (Å²) in [5.74, 6) is -1.23. The van der Waals surface area contributed by atoms with Gasteiger partial charge >= 0.3 is 11.9 Å². The minimum absolute atomic E-state index is 0.0363. The van der Waals surface area contributed by atoms with Crippen LogP contribution in [0.2, 0.25) is 0 Å².